The highest BCUT2D eigenvalue weighted by Crippen LogP contribution is 2.24. The number of hydrogen-bond acceptors (Lipinski definition) is 6. The number of aromatic nitrogens is 1. The normalized spacial score (nSPS) is 11.5. The summed E-state index contributed by atoms with van der Waals surface area (Å²) < 4.78 is 32.2. The van der Waals surface area contributed by atoms with E-state index in [2.05, 4.69) is 20.3 Å². The first-order valence-corrected chi connectivity index (χ1v) is 11.9. The van der Waals surface area contributed by atoms with Gasteiger partial charge in [0.05, 0.1) is 10.4 Å². The fraction of sp³-hybridized carbons (Fsp3) is 0.273. The van der Waals surface area contributed by atoms with Gasteiger partial charge in [-0.15, -0.1) is 0 Å². The third-order valence-corrected chi connectivity index (χ3v) is 6.27. The number of sulfonamides is 1. The number of benzene rings is 2. The molecule has 0 spiro atoms. The SMILES string of the molecule is CC(C)NS(=O)(=O)c1ccc(OCC(=O)NCCNc2ccnc3cc(Cl)ccc23)cc1. The van der Waals surface area contributed by atoms with Crippen molar-refractivity contribution in [3.05, 3.63) is 59.8 Å². The average Bonchev–Trinajstić information content (AvgIpc) is 2.74. The van der Waals surface area contributed by atoms with Crippen molar-refractivity contribution in [2.24, 2.45) is 0 Å². The predicted molar refractivity (Wildman–Crippen MR) is 126 cm³/mol. The Hall–Kier alpha value is -2.88. The number of halogens is 1. The van der Waals surface area contributed by atoms with Crippen molar-refractivity contribution >= 4 is 44.1 Å². The molecule has 3 rings (SSSR count). The summed E-state index contributed by atoms with van der Waals surface area (Å²) in [6.45, 7) is 4.24. The molecule has 0 radical (unpaired) electrons. The summed E-state index contributed by atoms with van der Waals surface area (Å²) in [5, 5.41) is 7.61. The number of carbonyl (C=O) groups is 1. The number of carbonyl (C=O) groups excluding carboxylic acids is 1. The van der Waals surface area contributed by atoms with Crippen molar-refractivity contribution in [1.82, 2.24) is 15.0 Å². The number of nitrogens with zero attached hydrogens (tertiary/aromatic N) is 1. The zero-order valence-electron chi connectivity index (χ0n) is 17.8. The first kappa shape index (κ1) is 23.8. The van der Waals surface area contributed by atoms with Gasteiger partial charge in [0.25, 0.3) is 5.91 Å². The van der Waals surface area contributed by atoms with Gasteiger partial charge in [-0.2, -0.15) is 0 Å². The highest BCUT2D eigenvalue weighted by Gasteiger charge is 2.15. The zero-order chi connectivity index (χ0) is 23.1. The van der Waals surface area contributed by atoms with E-state index in [1.165, 1.54) is 24.3 Å². The summed E-state index contributed by atoms with van der Waals surface area (Å²) in [6, 6.07) is 13.1. The molecule has 0 saturated carbocycles. The number of fused-ring (bicyclic) bond motifs is 1. The topological polar surface area (TPSA) is 109 Å². The molecule has 0 aliphatic heterocycles. The van der Waals surface area contributed by atoms with Crippen LogP contribution in [0.15, 0.2) is 59.6 Å². The standard InChI is InChI=1S/C22H25ClN4O4S/c1-15(2)27-32(29,30)18-6-4-17(5-7-18)31-14-22(28)26-12-11-25-20-9-10-24-21-13-16(23)3-8-19(20)21/h3-10,13,15,27H,11-12,14H2,1-2H3,(H,24,25)(H,26,28). The van der Waals surface area contributed by atoms with Gasteiger partial charge >= 0.3 is 0 Å². The first-order chi connectivity index (χ1) is 15.2. The molecule has 8 nitrogen and oxygen atoms in total. The molecule has 0 unspecified atom stereocenters. The monoisotopic (exact) mass is 476 g/mol. The molecule has 0 atom stereocenters. The number of pyridine rings is 1. The van der Waals surface area contributed by atoms with Gasteiger partial charge in [-0.25, -0.2) is 13.1 Å². The van der Waals surface area contributed by atoms with Crippen LogP contribution in [0.5, 0.6) is 5.75 Å². The lowest BCUT2D eigenvalue weighted by atomic mass is 10.2. The van der Waals surface area contributed by atoms with E-state index in [4.69, 9.17) is 16.3 Å². The number of ether oxygens (including phenoxy) is 1. The van der Waals surface area contributed by atoms with Crippen molar-refractivity contribution in [3.63, 3.8) is 0 Å². The van der Waals surface area contributed by atoms with Gasteiger partial charge in [0, 0.05) is 41.4 Å². The van der Waals surface area contributed by atoms with Crippen LogP contribution in [0, 0.1) is 0 Å². The molecule has 3 aromatic rings. The Morgan fingerprint density at radius 3 is 2.56 bits per heavy atom. The van der Waals surface area contributed by atoms with Crippen molar-refractivity contribution in [2.45, 2.75) is 24.8 Å². The van der Waals surface area contributed by atoms with Crippen LogP contribution in [0.2, 0.25) is 5.02 Å². The number of anilines is 1. The van der Waals surface area contributed by atoms with Crippen LogP contribution < -0.4 is 20.1 Å². The summed E-state index contributed by atoms with van der Waals surface area (Å²) in [5.41, 5.74) is 1.69. The van der Waals surface area contributed by atoms with E-state index in [-0.39, 0.29) is 23.5 Å². The van der Waals surface area contributed by atoms with Gasteiger partial charge in [-0.05, 0) is 62.4 Å². The molecular weight excluding hydrogens is 452 g/mol. The van der Waals surface area contributed by atoms with E-state index in [0.29, 0.717) is 23.9 Å². The van der Waals surface area contributed by atoms with Gasteiger partial charge < -0.3 is 15.4 Å². The first-order valence-electron chi connectivity index (χ1n) is 10.0. The predicted octanol–water partition coefficient (Wildman–Crippen LogP) is 3.18. The Bertz CT molecular complexity index is 1180. The summed E-state index contributed by atoms with van der Waals surface area (Å²) in [5.74, 6) is 0.125. The summed E-state index contributed by atoms with van der Waals surface area (Å²) in [7, 11) is -3.56. The van der Waals surface area contributed by atoms with E-state index in [1.807, 2.05) is 12.1 Å². The minimum Gasteiger partial charge on any atom is -0.484 e. The molecule has 1 amide bonds. The summed E-state index contributed by atoms with van der Waals surface area (Å²) in [4.78, 5) is 16.5. The number of rotatable bonds is 10. The molecule has 32 heavy (non-hydrogen) atoms. The Morgan fingerprint density at radius 2 is 1.84 bits per heavy atom. The van der Waals surface area contributed by atoms with Gasteiger partial charge in [0.1, 0.15) is 5.75 Å². The molecule has 0 aliphatic rings. The molecule has 0 fully saturated rings. The molecule has 0 aliphatic carbocycles. The van der Waals surface area contributed by atoms with Crippen LogP contribution in [0.25, 0.3) is 10.9 Å². The minimum absolute atomic E-state index is 0.139. The highest BCUT2D eigenvalue weighted by atomic mass is 35.5. The van der Waals surface area contributed by atoms with E-state index < -0.39 is 10.0 Å². The molecule has 0 saturated heterocycles. The van der Waals surface area contributed by atoms with Gasteiger partial charge in [0.2, 0.25) is 10.0 Å². The number of amides is 1. The number of hydrogen-bond donors (Lipinski definition) is 3. The Morgan fingerprint density at radius 1 is 1.09 bits per heavy atom. The van der Waals surface area contributed by atoms with Crippen molar-refractivity contribution in [3.8, 4) is 5.75 Å². The second kappa shape index (κ2) is 10.6. The van der Waals surface area contributed by atoms with Crippen molar-refractivity contribution in [2.75, 3.05) is 25.0 Å². The second-order valence-corrected chi connectivity index (χ2v) is 9.48. The maximum atomic E-state index is 12.1. The number of nitrogens with one attached hydrogen (secondary N) is 3. The second-order valence-electron chi connectivity index (χ2n) is 7.33. The Balaban J connectivity index is 1.43. The molecular formula is C22H25ClN4O4S. The molecule has 2 aromatic carbocycles. The van der Waals surface area contributed by atoms with E-state index in [0.717, 1.165) is 16.6 Å². The quantitative estimate of drug-likeness (QED) is 0.388. The van der Waals surface area contributed by atoms with Crippen LogP contribution in [0.1, 0.15) is 13.8 Å². The van der Waals surface area contributed by atoms with Crippen LogP contribution in [0.3, 0.4) is 0 Å². The lowest BCUT2D eigenvalue weighted by molar-refractivity contribution is -0.123. The maximum absolute atomic E-state index is 12.1. The van der Waals surface area contributed by atoms with Crippen molar-refractivity contribution < 1.29 is 17.9 Å². The van der Waals surface area contributed by atoms with Gasteiger partial charge in [-0.1, -0.05) is 11.6 Å². The van der Waals surface area contributed by atoms with Gasteiger partial charge in [0.15, 0.2) is 6.61 Å². The van der Waals surface area contributed by atoms with Crippen LogP contribution in [-0.2, 0) is 14.8 Å². The van der Waals surface area contributed by atoms with Gasteiger partial charge in [-0.3, -0.25) is 9.78 Å². The molecule has 170 valence electrons. The molecule has 3 N–H and O–H groups in total. The van der Waals surface area contributed by atoms with E-state index >= 15 is 0 Å². The third-order valence-electron chi connectivity index (χ3n) is 4.36. The third kappa shape index (κ3) is 6.56. The van der Waals surface area contributed by atoms with E-state index in [9.17, 15) is 13.2 Å². The maximum Gasteiger partial charge on any atom is 0.258 e. The van der Waals surface area contributed by atoms with Crippen molar-refractivity contribution in [1.29, 1.82) is 0 Å². The minimum atomic E-state index is -3.56. The molecule has 0 bridgehead atoms. The fourth-order valence-corrected chi connectivity index (χ4v) is 4.39. The fourth-order valence-electron chi connectivity index (χ4n) is 2.97. The zero-order valence-corrected chi connectivity index (χ0v) is 19.3. The lowest BCUT2D eigenvalue weighted by Crippen LogP contribution is -2.32. The average molecular weight is 477 g/mol. The van der Waals surface area contributed by atoms with Crippen LogP contribution >= 0.6 is 11.6 Å². The lowest BCUT2D eigenvalue weighted by Gasteiger charge is -2.12. The highest BCUT2D eigenvalue weighted by molar-refractivity contribution is 7.89. The molecule has 10 heteroatoms. The Kier molecular flexibility index (Phi) is 7.89. The summed E-state index contributed by atoms with van der Waals surface area (Å²) in [6.07, 6.45) is 1.70. The Labute approximate surface area is 192 Å². The molecule has 1 heterocycles. The van der Waals surface area contributed by atoms with E-state index in [1.54, 1.807) is 32.2 Å². The summed E-state index contributed by atoms with van der Waals surface area (Å²) >= 11 is 6.00. The smallest absolute Gasteiger partial charge is 0.258 e. The van der Waals surface area contributed by atoms with Crippen LogP contribution in [-0.4, -0.2) is 45.0 Å². The largest absolute Gasteiger partial charge is 0.484 e. The van der Waals surface area contributed by atoms with Crippen LogP contribution in [0.4, 0.5) is 5.69 Å². The molecule has 1 aromatic heterocycles.